The molecule has 0 bridgehead atoms. The van der Waals surface area contributed by atoms with Gasteiger partial charge in [-0.05, 0) is 93.0 Å². The van der Waals surface area contributed by atoms with Gasteiger partial charge < -0.3 is 4.90 Å². The van der Waals surface area contributed by atoms with Gasteiger partial charge in [0, 0.05) is 47.0 Å². The Bertz CT molecular complexity index is 3230. The molecule has 0 fully saturated rings. The summed E-state index contributed by atoms with van der Waals surface area (Å²) in [6, 6.07) is 77.6. The summed E-state index contributed by atoms with van der Waals surface area (Å²) in [6.07, 6.45) is 0. The molecule has 2 aromatic heterocycles. The fraction of sp³-hybridized carbons (Fsp3) is 0. The van der Waals surface area contributed by atoms with E-state index in [0.717, 1.165) is 11.4 Å². The van der Waals surface area contributed by atoms with E-state index in [1.54, 1.807) is 0 Å². The van der Waals surface area contributed by atoms with Gasteiger partial charge in [0.05, 0.1) is 10.4 Å². The highest BCUT2D eigenvalue weighted by Gasteiger charge is 2.21. The molecule has 2 heterocycles. The summed E-state index contributed by atoms with van der Waals surface area (Å²) in [7, 11) is 0. The Labute approximate surface area is 340 Å². The molecule has 0 aliphatic rings. The maximum absolute atomic E-state index is 2.48. The Morgan fingerprint density at radius 2 is 0.772 bits per heavy atom. The van der Waals surface area contributed by atoms with Crippen LogP contribution >= 0.6 is 22.7 Å². The van der Waals surface area contributed by atoms with Crippen LogP contribution < -0.4 is 4.90 Å². The van der Waals surface area contributed by atoms with Crippen molar-refractivity contribution in [3.63, 3.8) is 0 Å². The fourth-order valence-electron chi connectivity index (χ4n) is 8.40. The lowest BCUT2D eigenvalue weighted by Crippen LogP contribution is -2.10. The SMILES string of the molecule is c1ccc(-c2cc(-c3cccc4c3sc3ccccc34)cc(N(c3ccc(-c4ccccc4-c4ccccc4)cc3)c3cccc4c3sc3ccccc34)c2)cc1. The quantitative estimate of drug-likeness (QED) is 0.156. The summed E-state index contributed by atoms with van der Waals surface area (Å²) in [6.45, 7) is 0. The van der Waals surface area contributed by atoms with Crippen LogP contribution in [0.25, 0.3) is 84.9 Å². The van der Waals surface area contributed by atoms with Gasteiger partial charge in [0.15, 0.2) is 0 Å². The highest BCUT2D eigenvalue weighted by Crippen LogP contribution is 2.48. The minimum atomic E-state index is 1.11. The Morgan fingerprint density at radius 1 is 0.281 bits per heavy atom. The zero-order valence-electron chi connectivity index (χ0n) is 31.0. The van der Waals surface area contributed by atoms with Crippen LogP contribution in [-0.2, 0) is 0 Å². The van der Waals surface area contributed by atoms with E-state index in [1.807, 2.05) is 22.7 Å². The molecule has 3 heteroatoms. The van der Waals surface area contributed by atoms with Crippen molar-refractivity contribution in [1.29, 1.82) is 0 Å². The lowest BCUT2D eigenvalue weighted by atomic mass is 9.94. The highest BCUT2D eigenvalue weighted by atomic mass is 32.1. The van der Waals surface area contributed by atoms with E-state index in [2.05, 4.69) is 217 Å². The number of hydrogen-bond donors (Lipinski definition) is 0. The van der Waals surface area contributed by atoms with Crippen molar-refractivity contribution in [2.24, 2.45) is 0 Å². The lowest BCUT2D eigenvalue weighted by molar-refractivity contribution is 1.30. The van der Waals surface area contributed by atoms with Gasteiger partial charge >= 0.3 is 0 Å². The summed E-state index contributed by atoms with van der Waals surface area (Å²) in [5, 5.41) is 5.19. The molecule has 0 atom stereocenters. The van der Waals surface area contributed by atoms with E-state index in [1.165, 1.54) is 90.5 Å². The zero-order chi connectivity index (χ0) is 37.7. The molecule has 0 N–H and O–H groups in total. The number of thiophene rings is 2. The van der Waals surface area contributed by atoms with Gasteiger partial charge in [-0.15, -0.1) is 22.7 Å². The van der Waals surface area contributed by atoms with E-state index >= 15 is 0 Å². The third-order valence-electron chi connectivity index (χ3n) is 11.1. The molecule has 9 aromatic carbocycles. The Hall–Kier alpha value is -6.78. The monoisotopic (exact) mass is 761 g/mol. The topological polar surface area (TPSA) is 3.24 Å². The molecule has 11 aromatic rings. The van der Waals surface area contributed by atoms with Crippen LogP contribution in [0.2, 0.25) is 0 Å². The molecule has 11 rings (SSSR count). The predicted octanol–water partition coefficient (Wildman–Crippen LogP) is 16.6. The van der Waals surface area contributed by atoms with E-state index in [9.17, 15) is 0 Å². The van der Waals surface area contributed by atoms with Gasteiger partial charge in [0.1, 0.15) is 0 Å². The number of nitrogens with zero attached hydrogens (tertiary/aromatic N) is 1. The van der Waals surface area contributed by atoms with E-state index in [0.29, 0.717) is 0 Å². The van der Waals surface area contributed by atoms with Crippen molar-refractivity contribution in [2.75, 3.05) is 4.90 Å². The fourth-order valence-corrected chi connectivity index (χ4v) is 10.8. The smallest absolute Gasteiger partial charge is 0.0640 e. The minimum absolute atomic E-state index is 1.11. The Balaban J connectivity index is 1.15. The third kappa shape index (κ3) is 5.91. The summed E-state index contributed by atoms with van der Waals surface area (Å²) in [5.74, 6) is 0. The molecular weight excluding hydrogens is 727 g/mol. The van der Waals surface area contributed by atoms with Gasteiger partial charge in [-0.3, -0.25) is 0 Å². The first kappa shape index (κ1) is 33.5. The Kier molecular flexibility index (Phi) is 8.28. The van der Waals surface area contributed by atoms with Gasteiger partial charge in [-0.2, -0.15) is 0 Å². The number of rotatable bonds is 7. The van der Waals surface area contributed by atoms with Crippen LogP contribution in [-0.4, -0.2) is 0 Å². The molecule has 0 radical (unpaired) electrons. The average molecular weight is 762 g/mol. The third-order valence-corrected chi connectivity index (χ3v) is 13.5. The van der Waals surface area contributed by atoms with Crippen molar-refractivity contribution in [3.05, 3.63) is 212 Å². The van der Waals surface area contributed by atoms with Crippen molar-refractivity contribution < 1.29 is 0 Å². The number of benzene rings is 9. The number of anilines is 3. The van der Waals surface area contributed by atoms with Crippen molar-refractivity contribution in [2.45, 2.75) is 0 Å². The maximum Gasteiger partial charge on any atom is 0.0640 e. The number of fused-ring (bicyclic) bond motifs is 6. The summed E-state index contributed by atoms with van der Waals surface area (Å²) in [5.41, 5.74) is 13.1. The van der Waals surface area contributed by atoms with Crippen molar-refractivity contribution in [1.82, 2.24) is 0 Å². The highest BCUT2D eigenvalue weighted by molar-refractivity contribution is 7.26. The lowest BCUT2D eigenvalue weighted by Gasteiger charge is -2.28. The average Bonchev–Trinajstić information content (AvgIpc) is 3.87. The molecule has 268 valence electrons. The van der Waals surface area contributed by atoms with E-state index in [-0.39, 0.29) is 0 Å². The molecule has 0 unspecified atom stereocenters. The van der Waals surface area contributed by atoms with Crippen LogP contribution in [0, 0.1) is 0 Å². The van der Waals surface area contributed by atoms with Crippen LogP contribution in [0.15, 0.2) is 212 Å². The maximum atomic E-state index is 2.48. The molecule has 0 aliphatic heterocycles. The zero-order valence-corrected chi connectivity index (χ0v) is 32.6. The second-order valence-electron chi connectivity index (χ2n) is 14.5. The summed E-state index contributed by atoms with van der Waals surface area (Å²) in [4.78, 5) is 2.48. The van der Waals surface area contributed by atoms with Crippen molar-refractivity contribution >= 4 is 80.1 Å². The molecule has 57 heavy (non-hydrogen) atoms. The first-order chi connectivity index (χ1) is 28.3. The standard InChI is InChI=1S/C54H35NS2/c1-3-15-36(16-4-1)39-33-40(45-23-13-24-48-46-21-9-11-27-51(46)56-53(45)48)35-42(34-39)55(50-26-14-25-49-47-22-10-12-28-52(47)57-54(49)50)41-31-29-38(30-32-41)44-20-8-7-19-43(44)37-17-5-2-6-18-37/h1-35H. The van der Waals surface area contributed by atoms with Gasteiger partial charge in [0.2, 0.25) is 0 Å². The molecule has 0 saturated carbocycles. The van der Waals surface area contributed by atoms with E-state index < -0.39 is 0 Å². The minimum Gasteiger partial charge on any atom is -0.309 e. The molecule has 0 amide bonds. The van der Waals surface area contributed by atoms with Gasteiger partial charge in [-0.25, -0.2) is 0 Å². The number of hydrogen-bond acceptors (Lipinski definition) is 3. The molecule has 1 nitrogen and oxygen atoms in total. The van der Waals surface area contributed by atoms with Crippen LogP contribution in [0.4, 0.5) is 17.1 Å². The van der Waals surface area contributed by atoms with Gasteiger partial charge in [0.25, 0.3) is 0 Å². The predicted molar refractivity (Wildman–Crippen MR) is 249 cm³/mol. The molecule has 0 spiro atoms. The first-order valence-corrected chi connectivity index (χ1v) is 21.0. The second-order valence-corrected chi connectivity index (χ2v) is 16.6. The normalized spacial score (nSPS) is 11.5. The molecule has 0 saturated heterocycles. The second kappa shape index (κ2) is 14.1. The summed E-state index contributed by atoms with van der Waals surface area (Å²) >= 11 is 3.75. The summed E-state index contributed by atoms with van der Waals surface area (Å²) < 4.78 is 5.19. The van der Waals surface area contributed by atoms with Crippen LogP contribution in [0.3, 0.4) is 0 Å². The largest absolute Gasteiger partial charge is 0.309 e. The van der Waals surface area contributed by atoms with E-state index in [4.69, 9.17) is 0 Å². The molecular formula is C54H35NS2. The first-order valence-electron chi connectivity index (χ1n) is 19.3. The van der Waals surface area contributed by atoms with Crippen LogP contribution in [0.1, 0.15) is 0 Å². The van der Waals surface area contributed by atoms with Crippen LogP contribution in [0.5, 0.6) is 0 Å². The molecule has 0 aliphatic carbocycles. The van der Waals surface area contributed by atoms with Crippen molar-refractivity contribution in [3.8, 4) is 44.5 Å². The van der Waals surface area contributed by atoms with Gasteiger partial charge in [-0.1, -0.05) is 164 Å². The Morgan fingerprint density at radius 3 is 1.46 bits per heavy atom.